The van der Waals surface area contributed by atoms with Crippen LogP contribution in [0, 0.1) is 7.05 Å². The number of pyridine rings is 1. The van der Waals surface area contributed by atoms with Gasteiger partial charge in [0, 0.05) is 38.9 Å². The van der Waals surface area contributed by atoms with Crippen LogP contribution in [0.25, 0.3) is 5.52 Å². The summed E-state index contributed by atoms with van der Waals surface area (Å²) >= 11 is 0. The number of nitrogens with one attached hydrogen (secondary N) is 1. The second-order valence-electron chi connectivity index (χ2n) is 3.09. The van der Waals surface area contributed by atoms with Gasteiger partial charge in [-0.15, -0.1) is 0 Å². The SMILES string of the molecule is [CH2-]NC(=O)c1cccn2nc(C(=O)O)cc12.[Y]. The van der Waals surface area contributed by atoms with E-state index in [0.29, 0.717) is 11.1 Å². The molecule has 2 aromatic rings. The molecule has 1 radical (unpaired) electrons. The molecule has 0 unspecified atom stereocenters. The fourth-order valence-electron chi connectivity index (χ4n) is 1.41. The van der Waals surface area contributed by atoms with Crippen molar-refractivity contribution in [2.24, 2.45) is 0 Å². The molecule has 0 saturated heterocycles. The molecule has 0 saturated carbocycles. The number of carboxylic acids is 1. The monoisotopic (exact) mass is 307 g/mol. The summed E-state index contributed by atoms with van der Waals surface area (Å²) in [7, 11) is 3.27. The third-order valence-electron chi connectivity index (χ3n) is 2.13. The summed E-state index contributed by atoms with van der Waals surface area (Å²) in [4.78, 5) is 22.2. The van der Waals surface area contributed by atoms with Crippen molar-refractivity contribution >= 4 is 17.4 Å². The molecule has 0 spiro atoms. The predicted octanol–water partition coefficient (Wildman–Crippen LogP) is 0.551. The number of hydrogen-bond donors (Lipinski definition) is 2. The molecular weight excluding hydrogens is 299 g/mol. The molecule has 1 amide bonds. The Morgan fingerprint density at radius 2 is 2.18 bits per heavy atom. The Kier molecular flexibility index (Phi) is 4.36. The summed E-state index contributed by atoms with van der Waals surface area (Å²) in [6, 6.07) is 4.52. The fraction of sp³-hybridized carbons (Fsp3) is 0. The number of amides is 1. The molecule has 6 nitrogen and oxygen atoms in total. The Labute approximate surface area is 122 Å². The van der Waals surface area contributed by atoms with Gasteiger partial charge in [-0.1, -0.05) is 0 Å². The molecule has 7 heteroatoms. The first-order valence-corrected chi connectivity index (χ1v) is 4.42. The zero-order valence-electron chi connectivity index (χ0n) is 8.75. The standard InChI is InChI=1S/C10H8N3O3.Y/c1-11-9(14)6-3-2-4-13-8(6)5-7(12-13)10(15)16;/h2-5H,1H2,(H,11,14)(H,15,16);/q-1;. The quantitative estimate of drug-likeness (QED) is 0.794. The van der Waals surface area contributed by atoms with Crippen LogP contribution in [0.15, 0.2) is 24.4 Å². The van der Waals surface area contributed by atoms with E-state index >= 15 is 0 Å². The van der Waals surface area contributed by atoms with E-state index in [4.69, 9.17) is 5.11 Å². The second kappa shape index (κ2) is 5.38. The molecule has 0 aliphatic rings. The zero-order valence-corrected chi connectivity index (χ0v) is 11.6. The molecule has 0 aliphatic carbocycles. The molecule has 0 fully saturated rings. The van der Waals surface area contributed by atoms with E-state index in [9.17, 15) is 9.59 Å². The summed E-state index contributed by atoms with van der Waals surface area (Å²) < 4.78 is 1.34. The zero-order chi connectivity index (χ0) is 11.7. The van der Waals surface area contributed by atoms with E-state index < -0.39 is 5.97 Å². The first-order valence-electron chi connectivity index (χ1n) is 4.42. The van der Waals surface area contributed by atoms with Gasteiger partial charge in [0.25, 0.3) is 0 Å². The van der Waals surface area contributed by atoms with E-state index in [1.54, 1.807) is 18.3 Å². The Hall–Kier alpha value is -1.27. The second-order valence-corrected chi connectivity index (χ2v) is 3.09. The van der Waals surface area contributed by atoms with Gasteiger partial charge in [0.1, 0.15) is 0 Å². The fourth-order valence-corrected chi connectivity index (χ4v) is 1.41. The average Bonchev–Trinajstić information content (AvgIpc) is 2.71. The molecule has 2 rings (SSSR count). The van der Waals surface area contributed by atoms with Crippen LogP contribution >= 0.6 is 0 Å². The molecule has 2 N–H and O–H groups in total. The van der Waals surface area contributed by atoms with Crippen LogP contribution in [0.3, 0.4) is 0 Å². The van der Waals surface area contributed by atoms with Crippen molar-refractivity contribution in [3.63, 3.8) is 0 Å². The van der Waals surface area contributed by atoms with E-state index in [1.807, 2.05) is 0 Å². The van der Waals surface area contributed by atoms with Crippen LogP contribution in [0.1, 0.15) is 20.8 Å². The van der Waals surface area contributed by atoms with Crippen molar-refractivity contribution in [2.45, 2.75) is 0 Å². The number of rotatable bonds is 2. The smallest absolute Gasteiger partial charge is 0.356 e. The van der Waals surface area contributed by atoms with E-state index in [2.05, 4.69) is 17.5 Å². The largest absolute Gasteiger partial charge is 0.504 e. The van der Waals surface area contributed by atoms with Gasteiger partial charge < -0.3 is 10.4 Å². The van der Waals surface area contributed by atoms with Crippen LogP contribution in [0.2, 0.25) is 0 Å². The summed E-state index contributed by atoms with van der Waals surface area (Å²) in [6.07, 6.45) is 1.57. The Balaban J connectivity index is 0.00000144. The first-order chi connectivity index (χ1) is 7.63. The molecule has 0 aromatic carbocycles. The minimum atomic E-state index is -1.13. The molecule has 2 aromatic heterocycles. The van der Waals surface area contributed by atoms with Crippen LogP contribution in [-0.2, 0) is 32.7 Å². The van der Waals surface area contributed by atoms with Gasteiger partial charge in [0.05, 0.1) is 11.1 Å². The van der Waals surface area contributed by atoms with Crippen LogP contribution in [-0.4, -0.2) is 26.6 Å². The topological polar surface area (TPSA) is 83.7 Å². The van der Waals surface area contributed by atoms with Crippen LogP contribution in [0.4, 0.5) is 0 Å². The molecule has 0 atom stereocenters. The summed E-state index contributed by atoms with van der Waals surface area (Å²) in [5.41, 5.74) is 0.655. The van der Waals surface area contributed by atoms with Crippen molar-refractivity contribution in [1.29, 1.82) is 0 Å². The van der Waals surface area contributed by atoms with Crippen molar-refractivity contribution in [2.75, 3.05) is 0 Å². The van der Waals surface area contributed by atoms with Crippen molar-refractivity contribution in [3.8, 4) is 0 Å². The minimum absolute atomic E-state index is 0. The molecule has 0 aliphatic heterocycles. The minimum Gasteiger partial charge on any atom is -0.504 e. The van der Waals surface area contributed by atoms with Crippen molar-refractivity contribution in [1.82, 2.24) is 14.9 Å². The van der Waals surface area contributed by atoms with Gasteiger partial charge in [-0.3, -0.25) is 11.8 Å². The van der Waals surface area contributed by atoms with E-state index in [1.165, 1.54) is 10.6 Å². The number of hydrogen-bond acceptors (Lipinski definition) is 3. The van der Waals surface area contributed by atoms with Gasteiger partial charge in [-0.2, -0.15) is 5.10 Å². The molecule has 0 bridgehead atoms. The number of aromatic carboxylic acids is 1. The number of carbonyl (C=O) groups excluding carboxylic acids is 1. The number of carboxylic acid groups (broad SMARTS) is 1. The molecule has 85 valence electrons. The summed E-state index contributed by atoms with van der Waals surface area (Å²) in [6.45, 7) is 0. The third kappa shape index (κ3) is 2.53. The van der Waals surface area contributed by atoms with E-state index in [0.717, 1.165) is 0 Å². The number of aromatic nitrogens is 2. The predicted molar refractivity (Wildman–Crippen MR) is 55.0 cm³/mol. The van der Waals surface area contributed by atoms with Crippen LogP contribution in [0.5, 0.6) is 0 Å². The number of fused-ring (bicyclic) bond motifs is 1. The maximum atomic E-state index is 11.4. The molecular formula is C10H8N3O3Y-. The van der Waals surface area contributed by atoms with E-state index in [-0.39, 0.29) is 44.3 Å². The van der Waals surface area contributed by atoms with Crippen molar-refractivity contribution in [3.05, 3.63) is 42.7 Å². The summed E-state index contributed by atoms with van der Waals surface area (Å²) in [5, 5.41) is 14.8. The molecule has 17 heavy (non-hydrogen) atoms. The average molecular weight is 307 g/mol. The van der Waals surface area contributed by atoms with Crippen LogP contribution < -0.4 is 5.32 Å². The maximum Gasteiger partial charge on any atom is 0.356 e. The summed E-state index contributed by atoms with van der Waals surface area (Å²) in [5.74, 6) is -1.52. The van der Waals surface area contributed by atoms with Gasteiger partial charge in [0.15, 0.2) is 5.69 Å². The Bertz CT molecular complexity index is 579. The van der Waals surface area contributed by atoms with Gasteiger partial charge in [-0.05, 0) is 18.2 Å². The number of nitrogens with zero attached hydrogens (tertiary/aromatic N) is 2. The first kappa shape index (κ1) is 13.8. The third-order valence-corrected chi connectivity index (χ3v) is 2.13. The Morgan fingerprint density at radius 1 is 1.47 bits per heavy atom. The van der Waals surface area contributed by atoms with Gasteiger partial charge in [0.2, 0.25) is 5.91 Å². The number of carbonyl (C=O) groups is 2. The van der Waals surface area contributed by atoms with Crippen molar-refractivity contribution < 1.29 is 47.4 Å². The van der Waals surface area contributed by atoms with Gasteiger partial charge >= 0.3 is 5.97 Å². The maximum absolute atomic E-state index is 11.4. The normalized spacial score (nSPS) is 9.71. The van der Waals surface area contributed by atoms with Gasteiger partial charge in [-0.25, -0.2) is 9.31 Å². The molecule has 2 heterocycles. The Morgan fingerprint density at radius 3 is 2.76 bits per heavy atom.